The van der Waals surface area contributed by atoms with E-state index in [4.69, 9.17) is 4.74 Å². The van der Waals surface area contributed by atoms with E-state index in [1.165, 1.54) is 12.1 Å². The summed E-state index contributed by atoms with van der Waals surface area (Å²) in [6, 6.07) is 12.9. The molecular formula is C17H17FN2O3S. The number of hydrogen-bond acceptors (Lipinski definition) is 4. The van der Waals surface area contributed by atoms with Gasteiger partial charge in [-0.2, -0.15) is 0 Å². The van der Waals surface area contributed by atoms with Crippen molar-refractivity contribution in [2.45, 2.75) is 0 Å². The number of thioether (sulfide) groups is 1. The van der Waals surface area contributed by atoms with Crippen molar-refractivity contribution in [3.05, 3.63) is 54.3 Å². The zero-order valence-corrected chi connectivity index (χ0v) is 13.9. The van der Waals surface area contributed by atoms with Gasteiger partial charge in [-0.3, -0.25) is 9.59 Å². The molecule has 0 unspecified atom stereocenters. The summed E-state index contributed by atoms with van der Waals surface area (Å²) in [6.07, 6.45) is 0. The van der Waals surface area contributed by atoms with Crippen molar-refractivity contribution in [3.8, 4) is 5.75 Å². The van der Waals surface area contributed by atoms with Gasteiger partial charge in [0.15, 0.2) is 0 Å². The Morgan fingerprint density at radius 3 is 2.25 bits per heavy atom. The Labute approximate surface area is 143 Å². The summed E-state index contributed by atoms with van der Waals surface area (Å²) in [5, 5.41) is 5.18. The van der Waals surface area contributed by atoms with Crippen LogP contribution in [0.25, 0.3) is 0 Å². The summed E-state index contributed by atoms with van der Waals surface area (Å²) in [4.78, 5) is 23.5. The number of carbonyl (C=O) groups is 2. The van der Waals surface area contributed by atoms with Gasteiger partial charge in [0.1, 0.15) is 11.6 Å². The van der Waals surface area contributed by atoms with E-state index in [9.17, 15) is 14.0 Å². The number of benzene rings is 2. The largest absolute Gasteiger partial charge is 0.497 e. The molecule has 0 bridgehead atoms. The first-order valence-corrected chi connectivity index (χ1v) is 8.30. The number of methoxy groups -OCH3 is 1. The molecule has 5 nitrogen and oxygen atoms in total. The van der Waals surface area contributed by atoms with Crippen LogP contribution in [-0.2, 0) is 9.59 Å². The third-order valence-corrected chi connectivity index (χ3v) is 3.92. The van der Waals surface area contributed by atoms with Crippen molar-refractivity contribution < 1.29 is 18.7 Å². The Morgan fingerprint density at radius 1 is 1.00 bits per heavy atom. The molecule has 0 saturated heterocycles. The highest BCUT2D eigenvalue weighted by Gasteiger charge is 2.08. The number of para-hydroxylation sites is 1. The normalized spacial score (nSPS) is 10.1. The Kier molecular flexibility index (Phi) is 6.62. The van der Waals surface area contributed by atoms with E-state index >= 15 is 0 Å². The van der Waals surface area contributed by atoms with Gasteiger partial charge >= 0.3 is 0 Å². The molecule has 126 valence electrons. The molecule has 2 aromatic rings. The minimum absolute atomic E-state index is 0.0599. The topological polar surface area (TPSA) is 67.4 Å². The Balaban J connectivity index is 1.71. The SMILES string of the molecule is COc1ccc(NC(=O)CSCC(=O)Nc2ccccc2F)cc1. The van der Waals surface area contributed by atoms with Gasteiger partial charge in [-0.15, -0.1) is 11.8 Å². The number of amides is 2. The Morgan fingerprint density at radius 2 is 1.62 bits per heavy atom. The molecule has 0 saturated carbocycles. The summed E-state index contributed by atoms with van der Waals surface area (Å²) in [5.41, 5.74) is 0.781. The van der Waals surface area contributed by atoms with Gasteiger partial charge in [-0.25, -0.2) is 4.39 Å². The van der Waals surface area contributed by atoms with Crippen LogP contribution in [-0.4, -0.2) is 30.4 Å². The zero-order valence-electron chi connectivity index (χ0n) is 13.0. The first kappa shape index (κ1) is 17.8. The summed E-state index contributed by atoms with van der Waals surface area (Å²) in [7, 11) is 1.57. The van der Waals surface area contributed by atoms with Gasteiger partial charge in [0.25, 0.3) is 0 Å². The van der Waals surface area contributed by atoms with Crippen molar-refractivity contribution in [2.24, 2.45) is 0 Å². The molecule has 0 heterocycles. The van der Waals surface area contributed by atoms with Crippen molar-refractivity contribution in [1.29, 1.82) is 0 Å². The second kappa shape index (κ2) is 8.93. The van der Waals surface area contributed by atoms with E-state index in [0.29, 0.717) is 11.4 Å². The van der Waals surface area contributed by atoms with E-state index < -0.39 is 5.82 Å². The van der Waals surface area contributed by atoms with Crippen molar-refractivity contribution in [3.63, 3.8) is 0 Å². The number of rotatable bonds is 7. The van der Waals surface area contributed by atoms with Crippen LogP contribution in [0.1, 0.15) is 0 Å². The molecule has 24 heavy (non-hydrogen) atoms. The quantitative estimate of drug-likeness (QED) is 0.807. The molecule has 0 spiro atoms. The number of halogens is 1. The molecule has 0 aliphatic rings. The molecule has 0 fully saturated rings. The molecular weight excluding hydrogens is 331 g/mol. The highest BCUT2D eigenvalue weighted by Crippen LogP contribution is 2.16. The van der Waals surface area contributed by atoms with Gasteiger partial charge < -0.3 is 15.4 Å². The van der Waals surface area contributed by atoms with Gasteiger partial charge in [-0.05, 0) is 36.4 Å². The monoisotopic (exact) mass is 348 g/mol. The highest BCUT2D eigenvalue weighted by atomic mass is 32.2. The summed E-state index contributed by atoms with van der Waals surface area (Å²) in [6.45, 7) is 0. The number of hydrogen-bond donors (Lipinski definition) is 2. The van der Waals surface area contributed by atoms with Gasteiger partial charge in [0.2, 0.25) is 11.8 Å². The lowest BCUT2D eigenvalue weighted by atomic mass is 10.3. The number of anilines is 2. The molecule has 2 amide bonds. The molecule has 0 aromatic heterocycles. The fourth-order valence-electron chi connectivity index (χ4n) is 1.86. The summed E-state index contributed by atoms with van der Waals surface area (Å²) < 4.78 is 18.4. The van der Waals surface area contributed by atoms with E-state index in [0.717, 1.165) is 11.8 Å². The van der Waals surface area contributed by atoms with Crippen LogP contribution in [0, 0.1) is 5.82 Å². The van der Waals surface area contributed by atoms with Crippen molar-refractivity contribution in [1.82, 2.24) is 0 Å². The minimum atomic E-state index is -0.493. The third-order valence-electron chi connectivity index (χ3n) is 2.99. The zero-order chi connectivity index (χ0) is 17.4. The lowest BCUT2D eigenvalue weighted by Crippen LogP contribution is -2.18. The molecule has 0 atom stereocenters. The molecule has 0 aliphatic heterocycles. The molecule has 7 heteroatoms. The molecule has 0 aliphatic carbocycles. The average Bonchev–Trinajstić information content (AvgIpc) is 2.57. The van der Waals surface area contributed by atoms with E-state index in [1.807, 2.05) is 0 Å². The van der Waals surface area contributed by atoms with E-state index in [-0.39, 0.29) is 29.0 Å². The molecule has 2 aromatic carbocycles. The lowest BCUT2D eigenvalue weighted by Gasteiger charge is -2.07. The fraction of sp³-hybridized carbons (Fsp3) is 0.176. The maximum atomic E-state index is 13.4. The van der Waals surface area contributed by atoms with Crippen molar-refractivity contribution >= 4 is 35.0 Å². The molecule has 2 rings (SSSR count). The standard InChI is InChI=1S/C17H17FN2O3S/c1-23-13-8-6-12(7-9-13)19-16(21)10-24-11-17(22)20-15-5-3-2-4-14(15)18/h2-9H,10-11H2,1H3,(H,19,21)(H,20,22). The first-order chi connectivity index (χ1) is 11.6. The average molecular weight is 348 g/mol. The third kappa shape index (κ3) is 5.58. The Bertz CT molecular complexity index is 707. The number of ether oxygens (including phenoxy) is 1. The number of carbonyl (C=O) groups excluding carboxylic acids is 2. The maximum absolute atomic E-state index is 13.4. The smallest absolute Gasteiger partial charge is 0.234 e. The lowest BCUT2D eigenvalue weighted by molar-refractivity contribution is -0.114. The van der Waals surface area contributed by atoms with Crippen LogP contribution in [0.4, 0.5) is 15.8 Å². The van der Waals surface area contributed by atoms with E-state index in [1.54, 1.807) is 43.5 Å². The van der Waals surface area contributed by atoms with Crippen LogP contribution < -0.4 is 15.4 Å². The van der Waals surface area contributed by atoms with E-state index in [2.05, 4.69) is 10.6 Å². The summed E-state index contributed by atoms with van der Waals surface area (Å²) >= 11 is 1.15. The van der Waals surface area contributed by atoms with Gasteiger partial charge in [0.05, 0.1) is 24.3 Å². The fourth-order valence-corrected chi connectivity index (χ4v) is 2.47. The predicted molar refractivity (Wildman–Crippen MR) is 94.0 cm³/mol. The van der Waals surface area contributed by atoms with Crippen molar-refractivity contribution in [2.75, 3.05) is 29.2 Å². The minimum Gasteiger partial charge on any atom is -0.497 e. The van der Waals surface area contributed by atoms with Crippen LogP contribution >= 0.6 is 11.8 Å². The second-order valence-corrected chi connectivity index (χ2v) is 5.78. The maximum Gasteiger partial charge on any atom is 0.234 e. The number of nitrogens with one attached hydrogen (secondary N) is 2. The Hall–Kier alpha value is -2.54. The predicted octanol–water partition coefficient (Wildman–Crippen LogP) is 3.14. The highest BCUT2D eigenvalue weighted by molar-refractivity contribution is 8.00. The molecule has 2 N–H and O–H groups in total. The van der Waals surface area contributed by atoms with Crippen LogP contribution in [0.15, 0.2) is 48.5 Å². The summed E-state index contributed by atoms with van der Waals surface area (Å²) in [5.74, 6) is -0.187. The van der Waals surface area contributed by atoms with Crippen LogP contribution in [0.5, 0.6) is 5.75 Å². The van der Waals surface area contributed by atoms with Crippen LogP contribution in [0.3, 0.4) is 0 Å². The van der Waals surface area contributed by atoms with Gasteiger partial charge in [-0.1, -0.05) is 12.1 Å². The second-order valence-electron chi connectivity index (χ2n) is 4.80. The molecule has 0 radical (unpaired) electrons. The van der Waals surface area contributed by atoms with Gasteiger partial charge in [0, 0.05) is 5.69 Å². The van der Waals surface area contributed by atoms with Crippen LogP contribution in [0.2, 0.25) is 0 Å². The first-order valence-electron chi connectivity index (χ1n) is 7.14.